The second-order valence-corrected chi connectivity index (χ2v) is 3.81. The van der Waals surface area contributed by atoms with Gasteiger partial charge in [0.05, 0.1) is 13.2 Å². The summed E-state index contributed by atoms with van der Waals surface area (Å²) in [5, 5.41) is 0. The average molecular weight is 254 g/mol. The molecule has 0 spiro atoms. The Labute approximate surface area is 109 Å². The van der Waals surface area contributed by atoms with E-state index in [1.165, 1.54) is 6.08 Å². The molecule has 0 saturated heterocycles. The van der Waals surface area contributed by atoms with Gasteiger partial charge in [0, 0.05) is 0 Å². The minimum Gasteiger partial charge on any atom is -0.465 e. The predicted molar refractivity (Wildman–Crippen MR) is 69.9 cm³/mol. The Morgan fingerprint density at radius 3 is 1.89 bits per heavy atom. The van der Waals surface area contributed by atoms with Crippen molar-refractivity contribution >= 4 is 11.9 Å². The predicted octanol–water partition coefficient (Wildman–Crippen LogP) is 2.64. The summed E-state index contributed by atoms with van der Waals surface area (Å²) in [6.07, 6.45) is 3.42. The number of carbonyl (C=O) groups excluding carboxylic acids is 2. The molecule has 0 aliphatic rings. The van der Waals surface area contributed by atoms with Crippen LogP contribution in [0.4, 0.5) is 0 Å². The van der Waals surface area contributed by atoms with Crippen LogP contribution >= 0.6 is 0 Å². The molecule has 0 aromatic heterocycles. The van der Waals surface area contributed by atoms with Gasteiger partial charge in [-0.05, 0) is 39.7 Å². The molecule has 0 aliphatic carbocycles. The minimum atomic E-state index is -1.40. The molecule has 0 aromatic rings. The van der Waals surface area contributed by atoms with Crippen molar-refractivity contribution in [2.24, 2.45) is 5.41 Å². The lowest BCUT2D eigenvalue weighted by Gasteiger charge is -2.29. The monoisotopic (exact) mass is 254 g/mol. The van der Waals surface area contributed by atoms with Crippen molar-refractivity contribution in [1.29, 1.82) is 0 Å². The zero-order valence-electron chi connectivity index (χ0n) is 11.6. The smallest absolute Gasteiger partial charge is 0.328 e. The first-order chi connectivity index (χ1) is 8.50. The minimum absolute atomic E-state index is 0.167. The van der Waals surface area contributed by atoms with Gasteiger partial charge in [-0.3, -0.25) is 9.59 Å². The van der Waals surface area contributed by atoms with Crippen LogP contribution < -0.4 is 0 Å². The van der Waals surface area contributed by atoms with E-state index in [2.05, 4.69) is 6.58 Å². The highest BCUT2D eigenvalue weighted by molar-refractivity contribution is 6.03. The van der Waals surface area contributed by atoms with Crippen molar-refractivity contribution in [2.45, 2.75) is 34.1 Å². The van der Waals surface area contributed by atoms with Crippen molar-refractivity contribution < 1.29 is 19.1 Å². The second-order valence-electron chi connectivity index (χ2n) is 3.81. The topological polar surface area (TPSA) is 52.6 Å². The fraction of sp³-hybridized carbons (Fsp3) is 0.571. The maximum absolute atomic E-state index is 12.2. The first-order valence-corrected chi connectivity index (χ1v) is 6.09. The van der Waals surface area contributed by atoms with E-state index in [1.807, 2.05) is 0 Å². The molecule has 0 N–H and O–H groups in total. The Morgan fingerprint density at radius 2 is 1.61 bits per heavy atom. The lowest BCUT2D eigenvalue weighted by atomic mass is 9.77. The Bertz CT molecular complexity index is 324. The number of ether oxygens (including phenoxy) is 2. The molecule has 0 fully saturated rings. The summed E-state index contributed by atoms with van der Waals surface area (Å²) in [6, 6.07) is 0. The molecule has 0 rings (SSSR count). The van der Waals surface area contributed by atoms with Gasteiger partial charge in [0.25, 0.3) is 0 Å². The summed E-state index contributed by atoms with van der Waals surface area (Å²) >= 11 is 0. The molecular weight excluding hydrogens is 232 g/mol. The summed E-state index contributed by atoms with van der Waals surface area (Å²) in [5.74, 6) is -1.17. The molecule has 0 heterocycles. The van der Waals surface area contributed by atoms with Gasteiger partial charge in [-0.2, -0.15) is 0 Å². The van der Waals surface area contributed by atoms with E-state index in [0.29, 0.717) is 5.57 Å². The summed E-state index contributed by atoms with van der Waals surface area (Å²) in [7, 11) is 0. The van der Waals surface area contributed by atoms with Crippen LogP contribution in [0, 0.1) is 5.41 Å². The van der Waals surface area contributed by atoms with Crippen molar-refractivity contribution in [3.8, 4) is 0 Å². The molecule has 0 atom stereocenters. The van der Waals surface area contributed by atoms with Gasteiger partial charge in [-0.1, -0.05) is 12.2 Å². The summed E-state index contributed by atoms with van der Waals surface area (Å²) < 4.78 is 10.0. The molecule has 0 aliphatic heterocycles. The van der Waals surface area contributed by atoms with Gasteiger partial charge >= 0.3 is 11.9 Å². The second kappa shape index (κ2) is 7.69. The highest BCUT2D eigenvalue weighted by Crippen LogP contribution is 2.35. The molecule has 0 amide bonds. The molecular formula is C14H22O4. The molecule has 4 nitrogen and oxygen atoms in total. The Kier molecular flexibility index (Phi) is 7.01. The van der Waals surface area contributed by atoms with Crippen LogP contribution in [0.5, 0.6) is 0 Å². The van der Waals surface area contributed by atoms with Crippen molar-refractivity contribution in [1.82, 2.24) is 0 Å². The highest BCUT2D eigenvalue weighted by atomic mass is 16.6. The van der Waals surface area contributed by atoms with Crippen LogP contribution in [-0.4, -0.2) is 25.2 Å². The van der Waals surface area contributed by atoms with Gasteiger partial charge in [-0.25, -0.2) is 0 Å². The highest BCUT2D eigenvalue weighted by Gasteiger charge is 2.49. The van der Waals surface area contributed by atoms with E-state index in [-0.39, 0.29) is 19.6 Å². The quantitative estimate of drug-likeness (QED) is 0.398. The van der Waals surface area contributed by atoms with Crippen LogP contribution in [0.1, 0.15) is 34.1 Å². The first kappa shape index (κ1) is 16.4. The van der Waals surface area contributed by atoms with E-state index in [9.17, 15) is 9.59 Å². The van der Waals surface area contributed by atoms with Crippen LogP contribution in [0.3, 0.4) is 0 Å². The molecule has 0 unspecified atom stereocenters. The van der Waals surface area contributed by atoms with Crippen LogP contribution in [0.2, 0.25) is 0 Å². The van der Waals surface area contributed by atoms with E-state index < -0.39 is 17.4 Å². The van der Waals surface area contributed by atoms with Gasteiger partial charge in [0.15, 0.2) is 5.41 Å². The third-order valence-electron chi connectivity index (χ3n) is 2.80. The molecule has 4 heteroatoms. The zero-order chi connectivity index (χ0) is 14.2. The maximum atomic E-state index is 12.2. The third kappa shape index (κ3) is 3.22. The van der Waals surface area contributed by atoms with Gasteiger partial charge < -0.3 is 9.47 Å². The summed E-state index contributed by atoms with van der Waals surface area (Å²) in [6.45, 7) is 10.9. The van der Waals surface area contributed by atoms with Gasteiger partial charge in [-0.15, -0.1) is 6.58 Å². The van der Waals surface area contributed by atoms with Crippen LogP contribution in [0.25, 0.3) is 0 Å². The van der Waals surface area contributed by atoms with E-state index in [1.54, 1.807) is 33.8 Å². The zero-order valence-corrected chi connectivity index (χ0v) is 11.6. The fourth-order valence-electron chi connectivity index (χ4n) is 1.70. The Morgan fingerprint density at radius 1 is 1.17 bits per heavy atom. The summed E-state index contributed by atoms with van der Waals surface area (Å²) in [4.78, 5) is 24.3. The fourth-order valence-corrected chi connectivity index (χ4v) is 1.70. The van der Waals surface area contributed by atoms with E-state index in [0.717, 1.165) is 0 Å². The number of allylic oxidation sites excluding steroid dienone is 2. The lowest BCUT2D eigenvalue weighted by molar-refractivity contribution is -0.168. The molecule has 0 saturated carbocycles. The number of hydrogen-bond donors (Lipinski definition) is 0. The average Bonchev–Trinajstić information content (AvgIpc) is 2.35. The number of esters is 2. The standard InChI is InChI=1S/C14H22O4/c1-6-10-14(11(5)7-2,12(15)17-8-3)13(16)18-9-4/h6-7H,1,8-10H2,2-5H3/b11-7+. The SMILES string of the molecule is C=CCC(C(=O)OCC)(C(=O)OCC)/C(C)=C/C. The normalized spacial score (nSPS) is 11.9. The Balaban J connectivity index is 5.63. The van der Waals surface area contributed by atoms with Crippen molar-refractivity contribution in [3.05, 3.63) is 24.3 Å². The number of carbonyl (C=O) groups is 2. The Hall–Kier alpha value is -1.58. The van der Waals surface area contributed by atoms with Crippen molar-refractivity contribution in [3.63, 3.8) is 0 Å². The van der Waals surface area contributed by atoms with Crippen molar-refractivity contribution in [2.75, 3.05) is 13.2 Å². The largest absolute Gasteiger partial charge is 0.465 e. The molecule has 0 bridgehead atoms. The third-order valence-corrected chi connectivity index (χ3v) is 2.80. The summed E-state index contributed by atoms with van der Waals surface area (Å²) in [5.41, 5.74) is -0.790. The van der Waals surface area contributed by atoms with Crippen LogP contribution in [-0.2, 0) is 19.1 Å². The number of hydrogen-bond acceptors (Lipinski definition) is 4. The molecule has 0 radical (unpaired) electrons. The first-order valence-electron chi connectivity index (χ1n) is 6.09. The van der Waals surface area contributed by atoms with E-state index in [4.69, 9.17) is 9.47 Å². The van der Waals surface area contributed by atoms with Gasteiger partial charge in [0.1, 0.15) is 0 Å². The van der Waals surface area contributed by atoms with Gasteiger partial charge in [0.2, 0.25) is 0 Å². The number of rotatable bonds is 7. The maximum Gasteiger partial charge on any atom is 0.328 e. The molecule has 0 aromatic carbocycles. The molecule has 18 heavy (non-hydrogen) atoms. The lowest BCUT2D eigenvalue weighted by Crippen LogP contribution is -2.43. The van der Waals surface area contributed by atoms with E-state index >= 15 is 0 Å². The molecule has 102 valence electrons. The van der Waals surface area contributed by atoms with Crippen LogP contribution in [0.15, 0.2) is 24.3 Å².